The third-order valence-electron chi connectivity index (χ3n) is 6.55. The van der Waals surface area contributed by atoms with Crippen molar-refractivity contribution in [1.82, 2.24) is 20.1 Å². The molecule has 0 saturated carbocycles. The van der Waals surface area contributed by atoms with Crippen molar-refractivity contribution in [3.8, 4) is 11.1 Å². The fourth-order valence-electron chi connectivity index (χ4n) is 4.89. The number of pyridine rings is 1. The van der Waals surface area contributed by atoms with Crippen LogP contribution in [0.25, 0.3) is 21.3 Å². The van der Waals surface area contributed by atoms with E-state index in [0.29, 0.717) is 12.6 Å². The molecule has 5 heterocycles. The number of halogens is 2. The molecule has 9 heteroatoms. The predicted molar refractivity (Wildman–Crippen MR) is 142 cm³/mol. The number of benzene rings is 1. The van der Waals surface area contributed by atoms with Gasteiger partial charge in [0.15, 0.2) is 0 Å². The van der Waals surface area contributed by atoms with E-state index in [1.165, 1.54) is 21.5 Å². The fraction of sp³-hybridized carbons (Fsp3) is 0.320. The Bertz CT molecular complexity index is 1430. The van der Waals surface area contributed by atoms with E-state index in [4.69, 9.17) is 11.6 Å². The number of anilines is 1. The summed E-state index contributed by atoms with van der Waals surface area (Å²) in [6.45, 7) is 5.45. The number of nitrogens with zero attached hydrogens (tertiary/aromatic N) is 4. The van der Waals surface area contributed by atoms with Crippen LogP contribution >= 0.6 is 35.3 Å². The largest absolute Gasteiger partial charge is 0.365 e. The first-order valence-corrected chi connectivity index (χ1v) is 12.5. The van der Waals surface area contributed by atoms with E-state index >= 15 is 0 Å². The van der Waals surface area contributed by atoms with Crippen molar-refractivity contribution < 1.29 is 0 Å². The average Bonchev–Trinajstić information content (AvgIpc) is 3.17. The molecule has 0 radical (unpaired) electrons. The maximum Gasteiger partial charge on any atom is 0.267 e. The highest BCUT2D eigenvalue weighted by Gasteiger charge is 2.31. The minimum atomic E-state index is -0.0973. The van der Waals surface area contributed by atoms with Crippen LogP contribution in [0.5, 0.6) is 0 Å². The van der Waals surface area contributed by atoms with Crippen LogP contribution in [0.4, 0.5) is 5.69 Å². The number of aryl methyl sites for hydroxylation is 2. The van der Waals surface area contributed by atoms with Gasteiger partial charge in [-0.1, -0.05) is 11.6 Å². The summed E-state index contributed by atoms with van der Waals surface area (Å²) in [7, 11) is 0. The zero-order chi connectivity index (χ0) is 22.5. The Morgan fingerprint density at radius 1 is 1.18 bits per heavy atom. The minimum Gasteiger partial charge on any atom is -0.365 e. The predicted octanol–water partition coefficient (Wildman–Crippen LogP) is 4.68. The summed E-state index contributed by atoms with van der Waals surface area (Å²) in [5, 5.41) is 8.58. The van der Waals surface area contributed by atoms with E-state index in [0.717, 1.165) is 63.8 Å². The van der Waals surface area contributed by atoms with Crippen molar-refractivity contribution in [3.05, 3.63) is 74.1 Å². The second-order valence-corrected chi connectivity index (χ2v) is 10.4. The lowest BCUT2D eigenvalue weighted by Gasteiger charge is -2.44. The SMILES string of the molecule is Cc1ccc(=O)n(Cc2cc3nccc(-c4cc(Cl)cc5c4N(C4CNC4)CCC5)c3s2)n1.Cl. The number of hydrogen-bond donors (Lipinski definition) is 1. The van der Waals surface area contributed by atoms with Gasteiger partial charge in [-0.05, 0) is 55.7 Å². The molecule has 0 spiro atoms. The lowest BCUT2D eigenvalue weighted by atomic mass is 9.92. The van der Waals surface area contributed by atoms with Gasteiger partial charge in [0, 0.05) is 58.6 Å². The lowest BCUT2D eigenvalue weighted by Crippen LogP contribution is -2.58. The Balaban J connectivity index is 0.00000241. The van der Waals surface area contributed by atoms with Crippen LogP contribution < -0.4 is 15.8 Å². The standard InChI is InChI=1S/C25H24ClN5OS.ClH/c1-15-4-5-23(32)31(29-15)14-19-11-22-25(33-19)20(6-7-28-22)21-10-17(26)9-16-3-2-8-30(24(16)21)18-12-27-13-18;/h4-7,9-11,18,27H,2-3,8,12-14H2,1H3;1H. The van der Waals surface area contributed by atoms with E-state index < -0.39 is 0 Å². The summed E-state index contributed by atoms with van der Waals surface area (Å²) in [4.78, 5) is 20.5. The molecular weight excluding hydrogens is 489 g/mol. The van der Waals surface area contributed by atoms with Gasteiger partial charge in [-0.25, -0.2) is 4.68 Å². The highest BCUT2D eigenvalue weighted by molar-refractivity contribution is 7.19. The molecule has 4 aromatic rings. The van der Waals surface area contributed by atoms with Crippen molar-refractivity contribution in [2.75, 3.05) is 24.5 Å². The molecule has 0 bridgehead atoms. The molecule has 0 amide bonds. The second kappa shape index (κ2) is 9.30. The van der Waals surface area contributed by atoms with Gasteiger partial charge >= 0.3 is 0 Å². The van der Waals surface area contributed by atoms with Crippen LogP contribution in [0.2, 0.25) is 5.02 Å². The van der Waals surface area contributed by atoms with Gasteiger partial charge in [-0.3, -0.25) is 9.78 Å². The topological polar surface area (TPSA) is 63.1 Å². The molecule has 0 unspecified atom stereocenters. The van der Waals surface area contributed by atoms with E-state index in [1.807, 2.05) is 13.1 Å². The Morgan fingerprint density at radius 2 is 2.03 bits per heavy atom. The highest BCUT2D eigenvalue weighted by Crippen LogP contribution is 2.44. The molecule has 1 aromatic carbocycles. The van der Waals surface area contributed by atoms with Gasteiger partial charge < -0.3 is 10.2 Å². The van der Waals surface area contributed by atoms with Crippen molar-refractivity contribution >= 4 is 51.2 Å². The summed E-state index contributed by atoms with van der Waals surface area (Å²) in [5.74, 6) is 0. The van der Waals surface area contributed by atoms with Crippen molar-refractivity contribution in [2.45, 2.75) is 32.4 Å². The van der Waals surface area contributed by atoms with Crippen molar-refractivity contribution in [3.63, 3.8) is 0 Å². The molecule has 3 aromatic heterocycles. The molecule has 1 N–H and O–H groups in total. The maximum absolute atomic E-state index is 12.3. The van der Waals surface area contributed by atoms with Crippen LogP contribution in [-0.4, -0.2) is 40.4 Å². The Kier molecular flexibility index (Phi) is 6.37. The Labute approximate surface area is 213 Å². The minimum absolute atomic E-state index is 0. The number of hydrogen-bond acceptors (Lipinski definition) is 6. The zero-order valence-electron chi connectivity index (χ0n) is 18.8. The molecule has 34 heavy (non-hydrogen) atoms. The molecule has 176 valence electrons. The number of fused-ring (bicyclic) bond motifs is 2. The smallest absolute Gasteiger partial charge is 0.267 e. The zero-order valence-corrected chi connectivity index (χ0v) is 21.1. The number of thiophene rings is 1. The molecule has 0 aliphatic carbocycles. The summed E-state index contributed by atoms with van der Waals surface area (Å²) in [6.07, 6.45) is 4.07. The van der Waals surface area contributed by atoms with Gasteiger partial charge in [-0.2, -0.15) is 5.10 Å². The summed E-state index contributed by atoms with van der Waals surface area (Å²) in [6, 6.07) is 12.2. The van der Waals surface area contributed by atoms with E-state index in [2.05, 4.69) is 44.6 Å². The molecule has 6 nitrogen and oxygen atoms in total. The van der Waals surface area contributed by atoms with E-state index in [-0.39, 0.29) is 18.0 Å². The number of aromatic nitrogens is 3. The fourth-order valence-corrected chi connectivity index (χ4v) is 6.26. The maximum atomic E-state index is 12.3. The molecule has 6 rings (SSSR count). The van der Waals surface area contributed by atoms with Crippen LogP contribution in [-0.2, 0) is 13.0 Å². The van der Waals surface area contributed by atoms with Gasteiger partial charge in [0.25, 0.3) is 5.56 Å². The third kappa shape index (κ3) is 4.11. The first-order chi connectivity index (χ1) is 16.1. The summed E-state index contributed by atoms with van der Waals surface area (Å²) in [5.41, 5.74) is 6.64. The number of rotatable bonds is 4. The van der Waals surface area contributed by atoms with E-state index in [9.17, 15) is 4.79 Å². The van der Waals surface area contributed by atoms with Crippen LogP contribution in [0.3, 0.4) is 0 Å². The molecule has 2 aliphatic heterocycles. The van der Waals surface area contributed by atoms with Gasteiger partial charge in [0.1, 0.15) is 0 Å². The van der Waals surface area contributed by atoms with Crippen LogP contribution in [0, 0.1) is 6.92 Å². The molecule has 2 aliphatic rings. The first-order valence-electron chi connectivity index (χ1n) is 11.3. The Morgan fingerprint density at radius 3 is 2.82 bits per heavy atom. The second-order valence-electron chi connectivity index (χ2n) is 8.83. The van der Waals surface area contributed by atoms with Gasteiger partial charge in [0.2, 0.25) is 0 Å². The van der Waals surface area contributed by atoms with E-state index in [1.54, 1.807) is 23.5 Å². The van der Waals surface area contributed by atoms with Crippen LogP contribution in [0.1, 0.15) is 22.6 Å². The molecule has 0 atom stereocenters. The van der Waals surface area contributed by atoms with Crippen molar-refractivity contribution in [2.24, 2.45) is 0 Å². The molecular formula is C25H25Cl2N5OS. The quantitative estimate of drug-likeness (QED) is 0.429. The Hall–Kier alpha value is -2.45. The van der Waals surface area contributed by atoms with Gasteiger partial charge in [0.05, 0.1) is 28.5 Å². The average molecular weight is 514 g/mol. The summed E-state index contributed by atoms with van der Waals surface area (Å²) >= 11 is 8.29. The normalized spacial score (nSPS) is 15.6. The highest BCUT2D eigenvalue weighted by atomic mass is 35.5. The molecule has 1 fully saturated rings. The van der Waals surface area contributed by atoms with Gasteiger partial charge in [-0.15, -0.1) is 23.7 Å². The monoisotopic (exact) mass is 513 g/mol. The van der Waals surface area contributed by atoms with Crippen LogP contribution in [0.15, 0.2) is 47.4 Å². The summed E-state index contributed by atoms with van der Waals surface area (Å²) < 4.78 is 2.64. The first kappa shape index (κ1) is 23.3. The molecule has 1 saturated heterocycles. The number of nitrogens with one attached hydrogen (secondary N) is 1. The van der Waals surface area contributed by atoms with Crippen molar-refractivity contribution in [1.29, 1.82) is 0 Å². The lowest BCUT2D eigenvalue weighted by molar-refractivity contribution is 0.406. The third-order valence-corrected chi connectivity index (χ3v) is 7.91.